The van der Waals surface area contributed by atoms with E-state index in [0.717, 1.165) is 53.3 Å². The molecule has 0 unspecified atom stereocenters. The Hall–Kier alpha value is -1.45. The van der Waals surface area contributed by atoms with Crippen LogP contribution >= 0.6 is 35.3 Å². The number of carbonyl (C=O) groups is 2. The number of carboxylic acid groups (broad SMARTS) is 1. The highest BCUT2D eigenvalue weighted by Gasteiger charge is 2.33. The molecular weight excluding hydrogens is 392 g/mol. The van der Waals surface area contributed by atoms with E-state index in [1.807, 2.05) is 6.92 Å². The third-order valence-corrected chi connectivity index (χ3v) is 6.62. The molecule has 1 aliphatic heterocycles. The Morgan fingerprint density at radius 1 is 1.23 bits per heavy atom. The SMILES string of the molecule is CC/C=c1/s/c(=C2/SC(=S)N(CCCCCC)C2=O)n(CC(=O)O)c1=O. The Bertz CT molecular complexity index is 885. The molecule has 2 rings (SSSR count). The van der Waals surface area contributed by atoms with E-state index < -0.39 is 12.5 Å². The van der Waals surface area contributed by atoms with Gasteiger partial charge in [0, 0.05) is 6.54 Å². The topological polar surface area (TPSA) is 79.6 Å². The molecule has 2 heterocycles. The first kappa shape index (κ1) is 20.9. The number of hydrogen-bond acceptors (Lipinski definition) is 6. The summed E-state index contributed by atoms with van der Waals surface area (Å²) >= 11 is 7.64. The average Bonchev–Trinajstić information content (AvgIpc) is 3.03. The number of carbonyl (C=O) groups excluding carboxylic acids is 1. The first-order valence-corrected chi connectivity index (χ1v) is 10.6. The first-order chi connectivity index (χ1) is 12.4. The molecule has 0 aromatic carbocycles. The molecule has 9 heteroatoms. The second-order valence-corrected chi connectivity index (χ2v) is 8.56. The molecule has 1 N–H and O–H groups in total. The van der Waals surface area contributed by atoms with Crippen LogP contribution < -0.4 is 14.8 Å². The number of thioether (sulfide) groups is 1. The Labute approximate surface area is 165 Å². The second-order valence-electron chi connectivity index (χ2n) is 5.88. The van der Waals surface area contributed by atoms with E-state index >= 15 is 0 Å². The molecule has 1 aromatic rings. The normalized spacial score (nSPS) is 17.5. The minimum atomic E-state index is -1.12. The van der Waals surface area contributed by atoms with Crippen LogP contribution in [-0.2, 0) is 16.1 Å². The summed E-state index contributed by atoms with van der Waals surface area (Å²) in [7, 11) is 0. The number of hydrogen-bond donors (Lipinski definition) is 1. The first-order valence-electron chi connectivity index (χ1n) is 8.60. The molecule has 6 nitrogen and oxygen atoms in total. The average molecular weight is 415 g/mol. The van der Waals surface area contributed by atoms with Gasteiger partial charge in [-0.2, -0.15) is 0 Å². The highest BCUT2D eigenvalue weighted by molar-refractivity contribution is 8.30. The molecule has 1 aliphatic rings. The number of aromatic nitrogens is 1. The van der Waals surface area contributed by atoms with E-state index in [0.29, 0.717) is 31.4 Å². The third kappa shape index (κ3) is 4.63. The smallest absolute Gasteiger partial charge is 0.323 e. The molecule has 1 fully saturated rings. The van der Waals surface area contributed by atoms with Gasteiger partial charge in [0.1, 0.15) is 20.4 Å². The number of thiazole rings is 1. The molecule has 1 amide bonds. The van der Waals surface area contributed by atoms with Crippen LogP contribution in [0.5, 0.6) is 0 Å². The summed E-state index contributed by atoms with van der Waals surface area (Å²) in [6.07, 6.45) is 6.52. The van der Waals surface area contributed by atoms with Crippen LogP contribution in [0.25, 0.3) is 11.0 Å². The van der Waals surface area contributed by atoms with Crippen LogP contribution in [0.4, 0.5) is 0 Å². The summed E-state index contributed by atoms with van der Waals surface area (Å²) in [6.45, 7) is 4.10. The molecular formula is C17H22N2O4S3. The molecule has 0 atom stereocenters. The van der Waals surface area contributed by atoms with Gasteiger partial charge in [-0.3, -0.25) is 23.9 Å². The van der Waals surface area contributed by atoms with Crippen LogP contribution in [0.3, 0.4) is 0 Å². The number of nitrogens with zero attached hydrogens (tertiary/aromatic N) is 2. The Kier molecular flexibility index (Phi) is 7.60. The molecule has 26 heavy (non-hydrogen) atoms. The minimum Gasteiger partial charge on any atom is -0.480 e. The minimum absolute atomic E-state index is 0.236. The van der Waals surface area contributed by atoms with Crippen LogP contribution in [-0.4, -0.2) is 37.3 Å². The van der Waals surface area contributed by atoms with E-state index in [2.05, 4.69) is 6.92 Å². The molecule has 1 saturated heterocycles. The summed E-state index contributed by atoms with van der Waals surface area (Å²) in [4.78, 5) is 38.4. The standard InChI is InChI=1S/C17H22N2O4S3/c1-3-5-6-7-9-18-15(23)13(26-17(18)24)16-19(10-12(20)21)14(22)11(25-16)8-4-2/h8H,3-7,9-10H2,1-2H3,(H,20,21)/b11-8+,16-13+. The van der Waals surface area contributed by atoms with Crippen molar-refractivity contribution in [3.8, 4) is 0 Å². The van der Waals surface area contributed by atoms with E-state index in [1.54, 1.807) is 11.0 Å². The molecule has 1 aromatic heterocycles. The summed E-state index contributed by atoms with van der Waals surface area (Å²) in [5.74, 6) is -1.36. The maximum Gasteiger partial charge on any atom is 0.323 e. The second kappa shape index (κ2) is 9.48. The van der Waals surface area contributed by atoms with Gasteiger partial charge >= 0.3 is 5.97 Å². The van der Waals surface area contributed by atoms with Gasteiger partial charge in [-0.05, 0) is 12.8 Å². The lowest BCUT2D eigenvalue weighted by Gasteiger charge is -2.13. The van der Waals surface area contributed by atoms with Gasteiger partial charge in [0.25, 0.3) is 11.5 Å². The molecule has 0 spiro atoms. The van der Waals surface area contributed by atoms with Gasteiger partial charge in [-0.25, -0.2) is 0 Å². The Balaban J connectivity index is 2.46. The fourth-order valence-corrected chi connectivity index (χ4v) is 5.23. The van der Waals surface area contributed by atoms with E-state index in [4.69, 9.17) is 17.3 Å². The fraction of sp³-hybridized carbons (Fsp3) is 0.529. The summed E-state index contributed by atoms with van der Waals surface area (Å²) in [6, 6.07) is 0. The van der Waals surface area contributed by atoms with Gasteiger partial charge in [-0.1, -0.05) is 63.2 Å². The predicted octanol–water partition coefficient (Wildman–Crippen LogP) is 1.73. The number of aliphatic carboxylic acids is 1. The number of thiocarbonyl (C=S) groups is 1. The van der Waals surface area contributed by atoms with Crippen molar-refractivity contribution in [1.29, 1.82) is 0 Å². The molecule has 0 bridgehead atoms. The number of rotatable bonds is 8. The van der Waals surface area contributed by atoms with Gasteiger partial charge < -0.3 is 5.11 Å². The number of carboxylic acids is 1. The molecule has 0 saturated carbocycles. The van der Waals surface area contributed by atoms with E-state index in [-0.39, 0.29) is 11.5 Å². The fourth-order valence-electron chi connectivity index (χ4n) is 2.61. The van der Waals surface area contributed by atoms with Crippen LogP contribution in [0.2, 0.25) is 0 Å². The van der Waals surface area contributed by atoms with Gasteiger partial charge in [0.15, 0.2) is 0 Å². The van der Waals surface area contributed by atoms with Crippen LogP contribution in [0, 0.1) is 0 Å². The van der Waals surface area contributed by atoms with Gasteiger partial charge in [-0.15, -0.1) is 11.3 Å². The van der Waals surface area contributed by atoms with Gasteiger partial charge in [0.2, 0.25) is 0 Å². The van der Waals surface area contributed by atoms with Crippen molar-refractivity contribution in [1.82, 2.24) is 9.47 Å². The van der Waals surface area contributed by atoms with Crippen molar-refractivity contribution in [3.05, 3.63) is 19.5 Å². The van der Waals surface area contributed by atoms with Crippen LogP contribution in [0.1, 0.15) is 46.0 Å². The largest absolute Gasteiger partial charge is 0.480 e. The predicted molar refractivity (Wildman–Crippen MR) is 110 cm³/mol. The lowest BCUT2D eigenvalue weighted by molar-refractivity contribution is -0.137. The van der Waals surface area contributed by atoms with E-state index in [1.165, 1.54) is 0 Å². The maximum atomic E-state index is 12.8. The zero-order valence-corrected chi connectivity index (χ0v) is 17.3. The summed E-state index contributed by atoms with van der Waals surface area (Å²) in [5, 5.41) is 9.13. The zero-order valence-electron chi connectivity index (χ0n) is 14.8. The third-order valence-electron chi connectivity index (χ3n) is 3.87. The highest BCUT2D eigenvalue weighted by Crippen LogP contribution is 2.31. The monoisotopic (exact) mass is 414 g/mol. The Morgan fingerprint density at radius 2 is 1.96 bits per heavy atom. The molecule has 142 valence electrons. The van der Waals surface area contributed by atoms with Crippen molar-refractivity contribution < 1.29 is 14.7 Å². The van der Waals surface area contributed by atoms with Crippen molar-refractivity contribution in [3.63, 3.8) is 0 Å². The number of unbranched alkanes of at least 4 members (excludes halogenated alkanes) is 3. The quantitative estimate of drug-likeness (QED) is 0.516. The summed E-state index contributed by atoms with van der Waals surface area (Å²) < 4.78 is 2.46. The van der Waals surface area contributed by atoms with Crippen molar-refractivity contribution in [2.24, 2.45) is 0 Å². The zero-order chi connectivity index (χ0) is 19.3. The van der Waals surface area contributed by atoms with Crippen molar-refractivity contribution >= 4 is 62.5 Å². The van der Waals surface area contributed by atoms with Crippen LogP contribution in [0.15, 0.2) is 4.79 Å². The lowest BCUT2D eigenvalue weighted by atomic mass is 10.2. The van der Waals surface area contributed by atoms with Crippen molar-refractivity contribution in [2.75, 3.05) is 6.54 Å². The lowest BCUT2D eigenvalue weighted by Crippen LogP contribution is -2.35. The van der Waals surface area contributed by atoms with Gasteiger partial charge in [0.05, 0.1) is 4.53 Å². The maximum absolute atomic E-state index is 12.8. The Morgan fingerprint density at radius 3 is 2.58 bits per heavy atom. The summed E-state index contributed by atoms with van der Waals surface area (Å²) in [5.41, 5.74) is -0.373. The molecule has 0 radical (unpaired) electrons. The highest BCUT2D eigenvalue weighted by atomic mass is 32.2. The molecule has 0 aliphatic carbocycles. The van der Waals surface area contributed by atoms with E-state index in [9.17, 15) is 14.4 Å². The van der Waals surface area contributed by atoms with Crippen molar-refractivity contribution in [2.45, 2.75) is 52.5 Å². The number of amides is 1.